The van der Waals surface area contributed by atoms with E-state index < -0.39 is 5.97 Å². The molecule has 0 aromatic heterocycles. The second-order valence-electron chi connectivity index (χ2n) is 8.61. The van der Waals surface area contributed by atoms with Crippen LogP contribution >= 0.6 is 0 Å². The van der Waals surface area contributed by atoms with Gasteiger partial charge in [-0.1, -0.05) is 27.2 Å². The summed E-state index contributed by atoms with van der Waals surface area (Å²) in [6.07, 6.45) is 3.64. The molecule has 1 heterocycles. The van der Waals surface area contributed by atoms with Gasteiger partial charge in [-0.05, 0) is 49.1 Å². The van der Waals surface area contributed by atoms with Gasteiger partial charge in [0.25, 0.3) is 0 Å². The predicted octanol–water partition coefficient (Wildman–Crippen LogP) is 4.34. The first kappa shape index (κ1) is 15.8. The Morgan fingerprint density at radius 2 is 2.08 bits per heavy atom. The van der Waals surface area contributed by atoms with Gasteiger partial charge < -0.3 is 14.9 Å². The quantitative estimate of drug-likeness (QED) is 0.865. The van der Waals surface area contributed by atoms with Crippen LogP contribution < -0.4 is 4.74 Å². The summed E-state index contributed by atoms with van der Waals surface area (Å²) in [6, 6.07) is 1.88. The number of ether oxygens (including phenoxy) is 1. The first-order valence-electron chi connectivity index (χ1n) is 9.03. The highest BCUT2D eigenvalue weighted by Gasteiger charge is 2.69. The summed E-state index contributed by atoms with van der Waals surface area (Å²) in [6.45, 7) is 8.69. The fourth-order valence-corrected chi connectivity index (χ4v) is 5.93. The molecule has 2 aliphatic carbocycles. The number of rotatable bonds is 3. The summed E-state index contributed by atoms with van der Waals surface area (Å²) in [7, 11) is 0. The molecular formula is C20H26O4. The third kappa shape index (κ3) is 1.72. The minimum absolute atomic E-state index is 0.0612. The van der Waals surface area contributed by atoms with Crippen molar-refractivity contribution in [1.82, 2.24) is 0 Å². The number of carboxylic acids is 1. The maximum atomic E-state index is 11.8. The average Bonchev–Trinajstić information content (AvgIpc) is 2.81. The number of hydrogen-bond acceptors (Lipinski definition) is 3. The molecule has 24 heavy (non-hydrogen) atoms. The zero-order chi connectivity index (χ0) is 17.4. The molecule has 3 aliphatic rings. The molecule has 4 nitrogen and oxygen atoms in total. The first-order valence-corrected chi connectivity index (χ1v) is 9.03. The van der Waals surface area contributed by atoms with Gasteiger partial charge >= 0.3 is 5.97 Å². The first-order chi connectivity index (χ1) is 11.2. The van der Waals surface area contributed by atoms with Crippen LogP contribution in [0.5, 0.6) is 11.5 Å². The molecule has 4 heteroatoms. The minimum atomic E-state index is -1.05. The second kappa shape index (κ2) is 4.68. The molecule has 2 N–H and O–H groups in total. The van der Waals surface area contributed by atoms with Crippen molar-refractivity contribution in [3.8, 4) is 11.5 Å². The highest BCUT2D eigenvalue weighted by atomic mass is 16.5. The van der Waals surface area contributed by atoms with E-state index in [1.165, 1.54) is 0 Å². The zero-order valence-electron chi connectivity index (χ0n) is 14.8. The Balaban J connectivity index is 1.95. The largest absolute Gasteiger partial charge is 0.507 e. The van der Waals surface area contributed by atoms with Crippen LogP contribution in [0.25, 0.3) is 0 Å². The van der Waals surface area contributed by atoms with Gasteiger partial charge in [-0.15, -0.1) is 0 Å². The number of hydrogen-bond donors (Lipinski definition) is 2. The van der Waals surface area contributed by atoms with E-state index in [9.17, 15) is 15.0 Å². The van der Waals surface area contributed by atoms with Crippen LogP contribution in [0.2, 0.25) is 0 Å². The van der Waals surface area contributed by atoms with Crippen molar-refractivity contribution in [2.45, 2.75) is 64.9 Å². The topological polar surface area (TPSA) is 66.8 Å². The molecular weight excluding hydrogens is 304 g/mol. The Hall–Kier alpha value is -1.71. The molecule has 130 valence electrons. The minimum Gasteiger partial charge on any atom is -0.507 e. The fourth-order valence-electron chi connectivity index (χ4n) is 5.93. The molecule has 1 aromatic carbocycles. The lowest BCUT2D eigenvalue weighted by Gasteiger charge is -2.62. The maximum Gasteiger partial charge on any atom is 0.339 e. The fraction of sp³-hybridized carbons (Fsp3) is 0.650. The average molecular weight is 330 g/mol. The number of benzene rings is 1. The molecule has 0 radical (unpaired) electrons. The van der Waals surface area contributed by atoms with Gasteiger partial charge in [0.2, 0.25) is 0 Å². The Morgan fingerprint density at radius 3 is 2.71 bits per heavy atom. The van der Waals surface area contributed by atoms with Gasteiger partial charge in [0.1, 0.15) is 22.7 Å². The summed E-state index contributed by atoms with van der Waals surface area (Å²) in [4.78, 5) is 11.8. The van der Waals surface area contributed by atoms with Crippen LogP contribution in [0.3, 0.4) is 0 Å². The van der Waals surface area contributed by atoms with Gasteiger partial charge in [0, 0.05) is 17.4 Å². The lowest BCUT2D eigenvalue weighted by Crippen LogP contribution is -2.59. The SMILES string of the molecule is CCCc1cc2c(c(O)c1C(=O)O)[C@@H]1[C@H]3[C@H](CC[C@@]3(C)O2)C1(C)C. The van der Waals surface area contributed by atoms with E-state index in [-0.39, 0.29) is 28.2 Å². The van der Waals surface area contributed by atoms with Crippen molar-refractivity contribution in [1.29, 1.82) is 0 Å². The molecule has 2 fully saturated rings. The molecule has 1 aromatic rings. The Kier molecular flexibility index (Phi) is 3.08. The molecule has 4 atom stereocenters. The van der Waals surface area contributed by atoms with Crippen molar-refractivity contribution in [3.05, 3.63) is 22.8 Å². The number of carbonyl (C=O) groups is 1. The van der Waals surface area contributed by atoms with Crippen LogP contribution in [0.15, 0.2) is 6.07 Å². The van der Waals surface area contributed by atoms with E-state index in [1.54, 1.807) is 0 Å². The van der Waals surface area contributed by atoms with Gasteiger partial charge in [0.15, 0.2) is 0 Å². The van der Waals surface area contributed by atoms with E-state index in [0.29, 0.717) is 29.6 Å². The van der Waals surface area contributed by atoms with Crippen LogP contribution in [0.1, 0.15) is 74.4 Å². The van der Waals surface area contributed by atoms with Crippen LogP contribution in [-0.2, 0) is 6.42 Å². The van der Waals surface area contributed by atoms with E-state index in [0.717, 1.165) is 24.8 Å². The van der Waals surface area contributed by atoms with Crippen molar-refractivity contribution < 1.29 is 19.7 Å². The standard InChI is InChI=1S/C20H26O4/c1-5-6-10-9-12-14(17(21)13(10)18(22)23)16-15-11(19(16,2)3)7-8-20(15,4)24-12/h9,11,15-16,21H,5-8H2,1-4H3,(H,22,23)/t11-,15+,16+,20+/m0/s1. The van der Waals surface area contributed by atoms with Gasteiger partial charge in [-0.3, -0.25) is 0 Å². The lowest BCUT2D eigenvalue weighted by molar-refractivity contribution is -0.121. The molecule has 0 unspecified atom stereocenters. The maximum absolute atomic E-state index is 11.8. The van der Waals surface area contributed by atoms with Gasteiger partial charge in [-0.25, -0.2) is 4.79 Å². The highest BCUT2D eigenvalue weighted by Crippen LogP contribution is 2.74. The predicted molar refractivity (Wildman–Crippen MR) is 90.8 cm³/mol. The number of aromatic carboxylic acids is 1. The van der Waals surface area contributed by atoms with E-state index in [1.807, 2.05) is 13.0 Å². The number of fused-ring (bicyclic) bond motifs is 2. The number of phenols is 1. The molecule has 1 aliphatic heterocycles. The van der Waals surface area contributed by atoms with Crippen LogP contribution in [0.4, 0.5) is 0 Å². The Bertz CT molecular complexity index is 736. The number of aromatic hydroxyl groups is 1. The third-order valence-corrected chi connectivity index (χ3v) is 6.98. The Morgan fingerprint density at radius 1 is 1.38 bits per heavy atom. The second-order valence-corrected chi connectivity index (χ2v) is 8.61. The van der Waals surface area contributed by atoms with Crippen molar-refractivity contribution in [3.63, 3.8) is 0 Å². The zero-order valence-corrected chi connectivity index (χ0v) is 14.8. The van der Waals surface area contributed by atoms with E-state index >= 15 is 0 Å². The summed E-state index contributed by atoms with van der Waals surface area (Å²) < 4.78 is 6.39. The summed E-state index contributed by atoms with van der Waals surface area (Å²) in [5, 5.41) is 20.5. The summed E-state index contributed by atoms with van der Waals surface area (Å²) >= 11 is 0. The molecule has 0 bridgehead atoms. The summed E-state index contributed by atoms with van der Waals surface area (Å²) in [5.74, 6) is 0.736. The molecule has 0 spiro atoms. The van der Waals surface area contributed by atoms with Crippen molar-refractivity contribution >= 4 is 5.97 Å². The van der Waals surface area contributed by atoms with Gasteiger partial charge in [0.05, 0.1) is 0 Å². The number of carboxylic acid groups (broad SMARTS) is 1. The van der Waals surface area contributed by atoms with E-state index in [4.69, 9.17) is 4.74 Å². The van der Waals surface area contributed by atoms with Crippen molar-refractivity contribution in [2.24, 2.45) is 17.3 Å². The monoisotopic (exact) mass is 330 g/mol. The third-order valence-electron chi connectivity index (χ3n) is 6.98. The number of aryl methyl sites for hydroxylation is 1. The molecule has 2 saturated carbocycles. The molecule has 0 saturated heterocycles. The smallest absolute Gasteiger partial charge is 0.339 e. The van der Waals surface area contributed by atoms with Crippen LogP contribution in [0, 0.1) is 17.3 Å². The molecule has 0 amide bonds. The Labute approximate surface area is 142 Å². The van der Waals surface area contributed by atoms with Gasteiger partial charge in [-0.2, -0.15) is 0 Å². The van der Waals surface area contributed by atoms with Crippen molar-refractivity contribution in [2.75, 3.05) is 0 Å². The van der Waals surface area contributed by atoms with E-state index in [2.05, 4.69) is 20.8 Å². The van der Waals surface area contributed by atoms with Crippen LogP contribution in [-0.4, -0.2) is 21.8 Å². The normalized spacial score (nSPS) is 34.8. The highest BCUT2D eigenvalue weighted by molar-refractivity contribution is 5.94. The molecule has 4 rings (SSSR count). The lowest BCUT2D eigenvalue weighted by atomic mass is 9.45. The summed E-state index contributed by atoms with van der Waals surface area (Å²) in [5.41, 5.74) is 1.37.